The third-order valence-electron chi connectivity index (χ3n) is 4.24. The fraction of sp³-hybridized carbons (Fsp3) is 0.412. The lowest BCUT2D eigenvalue weighted by Gasteiger charge is -2.39. The summed E-state index contributed by atoms with van der Waals surface area (Å²) < 4.78 is 10.2. The average molecular weight is 302 g/mol. The normalized spacial score (nSPS) is 27.9. The van der Waals surface area contributed by atoms with Crippen molar-refractivity contribution in [3.05, 3.63) is 47.2 Å². The van der Waals surface area contributed by atoms with E-state index in [4.69, 9.17) is 4.74 Å². The van der Waals surface area contributed by atoms with Gasteiger partial charge in [0.25, 0.3) is 0 Å². The number of ketones is 1. The van der Waals surface area contributed by atoms with Crippen LogP contribution >= 0.6 is 0 Å². The highest BCUT2D eigenvalue weighted by molar-refractivity contribution is 5.98. The van der Waals surface area contributed by atoms with Crippen LogP contribution in [0.3, 0.4) is 0 Å². The van der Waals surface area contributed by atoms with E-state index in [1.165, 1.54) is 7.11 Å². The molecule has 5 heteroatoms. The number of benzene rings is 1. The van der Waals surface area contributed by atoms with E-state index in [-0.39, 0.29) is 18.1 Å². The molecule has 2 aliphatic rings. The minimum absolute atomic E-state index is 0.0196. The number of aliphatic hydroxyl groups is 1. The lowest BCUT2D eigenvalue weighted by Crippen LogP contribution is -2.47. The minimum atomic E-state index is -2.04. The van der Waals surface area contributed by atoms with E-state index in [1.54, 1.807) is 0 Å². The van der Waals surface area contributed by atoms with E-state index in [9.17, 15) is 14.7 Å². The number of ether oxygens (including phenoxy) is 2. The van der Waals surface area contributed by atoms with Crippen LogP contribution in [-0.2, 0) is 19.1 Å². The fourth-order valence-corrected chi connectivity index (χ4v) is 3.21. The van der Waals surface area contributed by atoms with Gasteiger partial charge in [0, 0.05) is 30.8 Å². The molecule has 3 rings (SSSR count). The molecule has 0 amide bonds. The summed E-state index contributed by atoms with van der Waals surface area (Å²) in [7, 11) is 1.21. The molecule has 1 N–H and O–H groups in total. The number of hydrogen-bond acceptors (Lipinski definition) is 5. The fourth-order valence-electron chi connectivity index (χ4n) is 3.21. The largest absolute Gasteiger partial charge is 0.464 e. The highest BCUT2D eigenvalue weighted by Gasteiger charge is 2.50. The Kier molecular flexibility index (Phi) is 3.74. The van der Waals surface area contributed by atoms with E-state index in [0.717, 1.165) is 5.56 Å². The summed E-state index contributed by atoms with van der Waals surface area (Å²) in [5.74, 6) is -2.78. The van der Waals surface area contributed by atoms with Crippen LogP contribution in [0.15, 0.2) is 41.7 Å². The summed E-state index contributed by atoms with van der Waals surface area (Å²) in [6, 6.07) is 9.40. The van der Waals surface area contributed by atoms with E-state index < -0.39 is 11.8 Å². The van der Waals surface area contributed by atoms with E-state index in [1.807, 2.05) is 30.3 Å². The summed E-state index contributed by atoms with van der Waals surface area (Å²) in [5.41, 5.74) is 1.47. The average Bonchev–Trinajstić information content (AvgIpc) is 2.54. The van der Waals surface area contributed by atoms with Crippen molar-refractivity contribution in [1.29, 1.82) is 0 Å². The number of carbonyl (C=O) groups excluding carboxylic acids is 2. The van der Waals surface area contributed by atoms with Crippen LogP contribution in [0.25, 0.3) is 0 Å². The summed E-state index contributed by atoms with van der Waals surface area (Å²) in [6.45, 7) is 0. The quantitative estimate of drug-likeness (QED) is 0.847. The summed E-state index contributed by atoms with van der Waals surface area (Å²) in [6.07, 6.45) is 1.66. The van der Waals surface area contributed by atoms with Crippen LogP contribution in [0.4, 0.5) is 0 Å². The molecule has 1 aromatic carbocycles. The molecule has 5 nitrogen and oxygen atoms in total. The molecule has 1 aromatic rings. The smallest absolute Gasteiger partial charge is 0.379 e. The molecular formula is C17H18O5. The Bertz CT molecular complexity index is 634. The van der Waals surface area contributed by atoms with Crippen molar-refractivity contribution in [3.63, 3.8) is 0 Å². The molecule has 0 aromatic heterocycles. The highest BCUT2D eigenvalue weighted by Crippen LogP contribution is 2.45. The zero-order valence-corrected chi connectivity index (χ0v) is 12.4. The molecule has 1 aliphatic carbocycles. The molecule has 0 spiro atoms. The second kappa shape index (κ2) is 5.57. The first-order valence-electron chi connectivity index (χ1n) is 7.36. The molecule has 0 fully saturated rings. The van der Waals surface area contributed by atoms with Gasteiger partial charge in [0.15, 0.2) is 5.78 Å². The summed E-state index contributed by atoms with van der Waals surface area (Å²) in [4.78, 5) is 24.2. The number of esters is 1. The van der Waals surface area contributed by atoms with Gasteiger partial charge in [0.2, 0.25) is 0 Å². The summed E-state index contributed by atoms with van der Waals surface area (Å²) in [5, 5.41) is 10.6. The predicted octanol–water partition coefficient (Wildman–Crippen LogP) is 2.06. The molecular weight excluding hydrogens is 284 g/mol. The van der Waals surface area contributed by atoms with Gasteiger partial charge < -0.3 is 14.6 Å². The first-order chi connectivity index (χ1) is 10.5. The van der Waals surface area contributed by atoms with Crippen molar-refractivity contribution in [1.82, 2.24) is 0 Å². The Labute approximate surface area is 128 Å². The number of Topliss-reactive ketones (excluding diaryl/α,β-unsaturated/α-hetero) is 1. The molecule has 0 saturated carbocycles. The van der Waals surface area contributed by atoms with Crippen LogP contribution in [0.2, 0.25) is 0 Å². The number of hydrogen-bond donors (Lipinski definition) is 1. The molecule has 22 heavy (non-hydrogen) atoms. The second-order valence-corrected chi connectivity index (χ2v) is 5.66. The SMILES string of the molecule is COC(=O)C1(O)C[C@H](c2ccccc2)C2=C(CCCC2=O)O1. The number of methoxy groups -OCH3 is 1. The molecule has 0 radical (unpaired) electrons. The predicted molar refractivity (Wildman–Crippen MR) is 77.7 cm³/mol. The Hall–Kier alpha value is -2.14. The summed E-state index contributed by atoms with van der Waals surface area (Å²) >= 11 is 0. The van der Waals surface area contributed by atoms with Crippen molar-refractivity contribution in [3.8, 4) is 0 Å². The number of carbonyl (C=O) groups is 2. The molecule has 0 bridgehead atoms. The lowest BCUT2D eigenvalue weighted by atomic mass is 9.77. The van der Waals surface area contributed by atoms with E-state index in [2.05, 4.69) is 4.74 Å². The minimum Gasteiger partial charge on any atom is -0.464 e. The Balaban J connectivity index is 2.08. The van der Waals surface area contributed by atoms with Gasteiger partial charge >= 0.3 is 11.8 Å². The first kappa shape index (κ1) is 14.8. The van der Waals surface area contributed by atoms with E-state index >= 15 is 0 Å². The Morgan fingerprint density at radius 3 is 2.73 bits per heavy atom. The zero-order chi connectivity index (χ0) is 15.7. The third kappa shape index (κ3) is 2.41. The van der Waals surface area contributed by atoms with Gasteiger partial charge in [-0.1, -0.05) is 30.3 Å². The van der Waals surface area contributed by atoms with Crippen molar-refractivity contribution in [2.24, 2.45) is 0 Å². The van der Waals surface area contributed by atoms with Gasteiger partial charge in [-0.15, -0.1) is 0 Å². The third-order valence-corrected chi connectivity index (χ3v) is 4.24. The van der Waals surface area contributed by atoms with Crippen LogP contribution < -0.4 is 0 Å². The molecule has 1 unspecified atom stereocenters. The van der Waals surface area contributed by atoms with Crippen LogP contribution in [-0.4, -0.2) is 29.8 Å². The second-order valence-electron chi connectivity index (χ2n) is 5.66. The van der Waals surface area contributed by atoms with Gasteiger partial charge in [0.1, 0.15) is 5.76 Å². The number of rotatable bonds is 2. The Morgan fingerprint density at radius 1 is 1.32 bits per heavy atom. The van der Waals surface area contributed by atoms with Crippen LogP contribution in [0, 0.1) is 0 Å². The highest BCUT2D eigenvalue weighted by atomic mass is 16.7. The molecule has 1 aliphatic heterocycles. The zero-order valence-electron chi connectivity index (χ0n) is 12.4. The standard InChI is InChI=1S/C17H18O5/c1-21-16(19)17(20)10-12(11-6-3-2-4-7-11)15-13(18)8-5-9-14(15)22-17/h2-4,6-7,12,20H,5,8-10H2,1H3/t12-,17?/m1/s1. The van der Waals surface area contributed by atoms with Crippen LogP contribution in [0.1, 0.15) is 37.2 Å². The lowest BCUT2D eigenvalue weighted by molar-refractivity contribution is -0.222. The Morgan fingerprint density at radius 2 is 2.05 bits per heavy atom. The maximum atomic E-state index is 12.3. The van der Waals surface area contributed by atoms with Gasteiger partial charge in [0.05, 0.1) is 7.11 Å². The topological polar surface area (TPSA) is 72.8 Å². The van der Waals surface area contributed by atoms with Gasteiger partial charge in [-0.3, -0.25) is 4.79 Å². The first-order valence-corrected chi connectivity index (χ1v) is 7.36. The van der Waals surface area contributed by atoms with Gasteiger partial charge in [-0.25, -0.2) is 4.79 Å². The van der Waals surface area contributed by atoms with Crippen molar-refractivity contribution >= 4 is 11.8 Å². The van der Waals surface area contributed by atoms with Crippen molar-refractivity contribution < 1.29 is 24.2 Å². The monoisotopic (exact) mass is 302 g/mol. The maximum Gasteiger partial charge on any atom is 0.379 e. The van der Waals surface area contributed by atoms with Gasteiger partial charge in [-0.05, 0) is 12.0 Å². The van der Waals surface area contributed by atoms with Crippen LogP contribution in [0.5, 0.6) is 0 Å². The molecule has 0 saturated heterocycles. The maximum absolute atomic E-state index is 12.3. The number of allylic oxidation sites excluding steroid dienone is 2. The van der Waals surface area contributed by atoms with E-state index in [0.29, 0.717) is 30.6 Å². The van der Waals surface area contributed by atoms with Gasteiger partial charge in [-0.2, -0.15) is 0 Å². The van der Waals surface area contributed by atoms with Crippen molar-refractivity contribution in [2.45, 2.75) is 37.4 Å². The van der Waals surface area contributed by atoms with Crippen molar-refractivity contribution in [2.75, 3.05) is 7.11 Å². The molecule has 116 valence electrons. The molecule has 1 heterocycles. The molecule has 2 atom stereocenters.